The summed E-state index contributed by atoms with van der Waals surface area (Å²) in [7, 11) is 0. The van der Waals surface area contributed by atoms with Gasteiger partial charge < -0.3 is 0 Å². The maximum atomic E-state index is 2.16. The Hall–Kier alpha value is -1.03. The van der Waals surface area contributed by atoms with Crippen LogP contribution in [0.5, 0.6) is 0 Å². The minimum atomic E-state index is 0. The third-order valence-electron chi connectivity index (χ3n) is 3.75. The minimum absolute atomic E-state index is 0. The molecule has 0 radical (unpaired) electrons. The molecule has 0 aromatic heterocycles. The molecule has 1 heteroatoms. The van der Waals surface area contributed by atoms with Crippen molar-refractivity contribution >= 4 is 0 Å². The molecule has 2 aromatic carbocycles. The molecule has 0 aliphatic carbocycles. The molecule has 0 heterocycles. The van der Waals surface area contributed by atoms with E-state index in [1.54, 1.807) is 0 Å². The summed E-state index contributed by atoms with van der Waals surface area (Å²) >= 11 is 0. The molecule has 0 saturated heterocycles. The van der Waals surface area contributed by atoms with Crippen molar-refractivity contribution < 1.29 is 17.4 Å². The molecule has 0 atom stereocenters. The van der Waals surface area contributed by atoms with E-state index in [0.717, 1.165) is 0 Å². The summed E-state index contributed by atoms with van der Waals surface area (Å²) in [6, 6.07) is 12.8. The molecule has 0 amide bonds. The summed E-state index contributed by atoms with van der Waals surface area (Å²) in [6.07, 6.45) is 0. The van der Waals surface area contributed by atoms with Gasteiger partial charge in [0.2, 0.25) is 0 Å². The average Bonchev–Trinajstić information content (AvgIpc) is 2.34. The second kappa shape index (κ2) is 8.20. The number of aryl methyl sites for hydroxylation is 4. The largest absolute Gasteiger partial charge is 0.0617 e. The zero-order chi connectivity index (χ0) is 13.7. The summed E-state index contributed by atoms with van der Waals surface area (Å²) in [6.45, 7) is 12.9. The van der Waals surface area contributed by atoms with Gasteiger partial charge in [-0.3, -0.25) is 0 Å². The van der Waals surface area contributed by atoms with E-state index in [-0.39, 0.29) is 17.4 Å². The van der Waals surface area contributed by atoms with Crippen LogP contribution in [0.1, 0.15) is 33.4 Å². The molecule has 0 nitrogen and oxygen atoms in total. The molecule has 0 aliphatic heterocycles. The number of benzene rings is 2. The van der Waals surface area contributed by atoms with Crippen LogP contribution in [0.3, 0.4) is 0 Å². The van der Waals surface area contributed by atoms with Gasteiger partial charge in [0.05, 0.1) is 0 Å². The van der Waals surface area contributed by atoms with Gasteiger partial charge in [0, 0.05) is 17.4 Å². The van der Waals surface area contributed by atoms with Gasteiger partial charge >= 0.3 is 0 Å². The Bertz CT molecular complexity index is 437. The van der Waals surface area contributed by atoms with Crippen LogP contribution < -0.4 is 0 Å². The predicted octanol–water partition coefficient (Wildman–Crippen LogP) is 5.22. The molecule has 102 valence electrons. The van der Waals surface area contributed by atoms with Crippen LogP contribution in [0.4, 0.5) is 0 Å². The monoisotopic (exact) mass is 292 g/mol. The number of rotatable bonds is 0. The second-order valence-corrected chi connectivity index (χ2v) is 5.03. The van der Waals surface area contributed by atoms with Gasteiger partial charge in [-0.05, 0) is 74.9 Å². The fraction of sp³-hybridized carbons (Fsp3) is 0.333. The number of hydrogen-bond donors (Lipinski definition) is 0. The van der Waals surface area contributed by atoms with E-state index in [0.29, 0.717) is 0 Å². The summed E-state index contributed by atoms with van der Waals surface area (Å²) in [4.78, 5) is 0. The average molecular weight is 292 g/mol. The summed E-state index contributed by atoms with van der Waals surface area (Å²) in [5, 5.41) is 0. The topological polar surface area (TPSA) is 0 Å². The zero-order valence-corrected chi connectivity index (χ0v) is 14.1. The smallest absolute Gasteiger partial charge is 0 e. The van der Waals surface area contributed by atoms with Crippen molar-refractivity contribution in [2.75, 3.05) is 0 Å². The summed E-state index contributed by atoms with van der Waals surface area (Å²) < 4.78 is 0. The third-order valence-corrected chi connectivity index (χ3v) is 3.75. The molecule has 0 saturated carbocycles. The minimum Gasteiger partial charge on any atom is -0.0617 e. The van der Waals surface area contributed by atoms with Crippen molar-refractivity contribution in [2.24, 2.45) is 0 Å². The van der Waals surface area contributed by atoms with E-state index in [9.17, 15) is 0 Å². The Morgan fingerprint density at radius 2 is 0.684 bits per heavy atom. The summed E-state index contributed by atoms with van der Waals surface area (Å²) in [5.74, 6) is 0. The van der Waals surface area contributed by atoms with Gasteiger partial charge in [-0.15, -0.1) is 0 Å². The van der Waals surface area contributed by atoms with Crippen molar-refractivity contribution in [3.8, 4) is 0 Å². The van der Waals surface area contributed by atoms with Crippen LogP contribution in [0.2, 0.25) is 0 Å². The normalized spacial score (nSPS) is 9.16. The molecule has 0 N–H and O–H groups in total. The quantitative estimate of drug-likeness (QED) is 0.624. The second-order valence-electron chi connectivity index (χ2n) is 5.03. The van der Waals surface area contributed by atoms with Crippen LogP contribution in [-0.2, 0) is 17.4 Å². The van der Waals surface area contributed by atoms with Crippen LogP contribution in [0.15, 0.2) is 36.4 Å². The molecule has 0 bridgehead atoms. The van der Waals surface area contributed by atoms with Gasteiger partial charge in [-0.2, -0.15) is 0 Å². The predicted molar refractivity (Wildman–Crippen MR) is 81.3 cm³/mol. The van der Waals surface area contributed by atoms with E-state index in [1.165, 1.54) is 33.4 Å². The van der Waals surface area contributed by atoms with Gasteiger partial charge in [0.15, 0.2) is 0 Å². The first-order chi connectivity index (χ1) is 8.43. The first-order valence-electron chi connectivity index (χ1n) is 6.49. The Balaban J connectivity index is 0.000000324. The zero-order valence-electron chi connectivity index (χ0n) is 12.9. The molecule has 0 unspecified atom stereocenters. The third kappa shape index (κ3) is 5.23. The van der Waals surface area contributed by atoms with Gasteiger partial charge in [0.1, 0.15) is 0 Å². The first-order valence-corrected chi connectivity index (χ1v) is 6.49. The maximum Gasteiger partial charge on any atom is 0 e. The molecular formula is C18H24Cr. The summed E-state index contributed by atoms with van der Waals surface area (Å²) in [5.41, 5.74) is 8.37. The van der Waals surface area contributed by atoms with E-state index >= 15 is 0 Å². The van der Waals surface area contributed by atoms with E-state index in [2.05, 4.69) is 77.9 Å². The van der Waals surface area contributed by atoms with E-state index in [1.807, 2.05) is 0 Å². The van der Waals surface area contributed by atoms with Gasteiger partial charge in [0.25, 0.3) is 0 Å². The molecule has 0 fully saturated rings. The maximum absolute atomic E-state index is 2.16. The Labute approximate surface area is 129 Å². The van der Waals surface area contributed by atoms with Gasteiger partial charge in [-0.1, -0.05) is 36.4 Å². The van der Waals surface area contributed by atoms with Crippen molar-refractivity contribution in [1.29, 1.82) is 0 Å². The first kappa shape index (κ1) is 18.0. The van der Waals surface area contributed by atoms with Crippen molar-refractivity contribution in [2.45, 2.75) is 41.5 Å². The fourth-order valence-electron chi connectivity index (χ4n) is 1.80. The van der Waals surface area contributed by atoms with Crippen LogP contribution in [0, 0.1) is 41.5 Å². The standard InChI is InChI=1S/2C9H12.Cr/c2*1-7-5-4-6-8(2)9(7)3;/h2*4-6H,1-3H3;. The molecule has 0 spiro atoms. The van der Waals surface area contributed by atoms with Crippen LogP contribution >= 0.6 is 0 Å². The Kier molecular flexibility index (Phi) is 7.76. The molecule has 0 aliphatic rings. The van der Waals surface area contributed by atoms with Crippen LogP contribution in [-0.4, -0.2) is 0 Å². The molecule has 2 aromatic rings. The Morgan fingerprint density at radius 1 is 0.474 bits per heavy atom. The van der Waals surface area contributed by atoms with Gasteiger partial charge in [-0.25, -0.2) is 0 Å². The van der Waals surface area contributed by atoms with E-state index < -0.39 is 0 Å². The fourth-order valence-corrected chi connectivity index (χ4v) is 1.80. The Morgan fingerprint density at radius 3 is 0.842 bits per heavy atom. The van der Waals surface area contributed by atoms with Crippen molar-refractivity contribution in [1.82, 2.24) is 0 Å². The SMILES string of the molecule is Cc1cccc(C)c1C.Cc1cccc(C)c1C.[Cr]. The van der Waals surface area contributed by atoms with Crippen molar-refractivity contribution in [3.05, 3.63) is 69.8 Å². The molecular weight excluding hydrogens is 268 g/mol. The molecule has 2 rings (SSSR count). The number of hydrogen-bond acceptors (Lipinski definition) is 0. The van der Waals surface area contributed by atoms with E-state index in [4.69, 9.17) is 0 Å². The van der Waals surface area contributed by atoms with Crippen molar-refractivity contribution in [3.63, 3.8) is 0 Å². The molecule has 19 heavy (non-hydrogen) atoms. The van der Waals surface area contributed by atoms with Crippen LogP contribution in [0.25, 0.3) is 0 Å².